The van der Waals surface area contributed by atoms with Crippen molar-refractivity contribution in [1.82, 2.24) is 47.4 Å². The number of nitrogens with one attached hydrogen (secondary N) is 8. The molecule has 3 unspecified atom stereocenters. The largest absolute Gasteiger partial charge is 0.508 e. The molecule has 0 aliphatic carbocycles. The predicted octanol–water partition coefficient (Wildman–Crippen LogP) is -3.81. The smallest absolute Gasteiger partial charge is 0.246 e. The number of aromatic hydroxyl groups is 1. The first-order chi connectivity index (χ1) is 47.7. The molecule has 13 atom stereocenters. The number of carbonyl (C=O) groups is 12. The van der Waals surface area contributed by atoms with Gasteiger partial charge in [-0.1, -0.05) is 109 Å². The molecule has 100 heavy (non-hydrogen) atoms. The van der Waals surface area contributed by atoms with E-state index in [0.717, 1.165) is 66.5 Å². The fourth-order valence-electron chi connectivity index (χ4n) is 11.2. The van der Waals surface area contributed by atoms with Crippen LogP contribution in [0.3, 0.4) is 0 Å². The van der Waals surface area contributed by atoms with Crippen LogP contribution in [0.2, 0.25) is 0 Å². The maximum absolute atomic E-state index is 15.0. The molecule has 33 nitrogen and oxygen atoms in total. The highest BCUT2D eigenvalue weighted by Crippen LogP contribution is 2.30. The summed E-state index contributed by atoms with van der Waals surface area (Å²) in [5.41, 5.74) is 27.5. The number of nitrogens with two attached hydrogens (primary N) is 5. The van der Waals surface area contributed by atoms with E-state index >= 15 is 4.79 Å². The van der Waals surface area contributed by atoms with Crippen molar-refractivity contribution in [3.63, 3.8) is 0 Å². The van der Waals surface area contributed by atoms with Crippen LogP contribution in [0.5, 0.6) is 5.75 Å². The molecule has 3 aliphatic heterocycles. The number of phenolic OH excluding ortho intramolecular Hbond substituents is 1. The first-order valence-corrected chi connectivity index (χ1v) is 36.9. The number of unbranched alkanes of at least 4 members (excludes halogenated alkanes) is 8. The van der Waals surface area contributed by atoms with Crippen molar-refractivity contribution in [3.8, 4) is 5.75 Å². The van der Waals surface area contributed by atoms with Gasteiger partial charge < -0.3 is 106 Å². The minimum atomic E-state index is -1.86. The fraction of sp³-hybridized carbons (Fsp3) is 0.609. The van der Waals surface area contributed by atoms with Gasteiger partial charge in [0.15, 0.2) is 5.96 Å². The molecular formula is C64H97N15O18S3. The van der Waals surface area contributed by atoms with Crippen LogP contribution >= 0.6 is 33.3 Å². The van der Waals surface area contributed by atoms with Crippen molar-refractivity contribution >= 4 is 110 Å². The Labute approximate surface area is 591 Å². The molecule has 12 amide bonds. The number of guanidine groups is 1. The molecule has 3 aliphatic rings. The van der Waals surface area contributed by atoms with Gasteiger partial charge in [0.2, 0.25) is 70.9 Å². The van der Waals surface area contributed by atoms with Crippen LogP contribution in [0.25, 0.3) is 0 Å². The number of hydrogen-bond acceptors (Lipinski definition) is 22. The molecule has 0 saturated carbocycles. The summed E-state index contributed by atoms with van der Waals surface area (Å²) >= 11 is 1.31. The summed E-state index contributed by atoms with van der Waals surface area (Å²) in [7, 11) is 1.92. The summed E-state index contributed by atoms with van der Waals surface area (Å²) in [5, 5.41) is 70.9. The minimum Gasteiger partial charge on any atom is -0.508 e. The zero-order valence-corrected chi connectivity index (χ0v) is 58.1. The van der Waals surface area contributed by atoms with Crippen LogP contribution < -0.4 is 71.2 Å². The van der Waals surface area contributed by atoms with Crippen molar-refractivity contribution in [2.45, 2.75) is 200 Å². The number of primary amides is 3. The number of aliphatic hydroxyl groups excluding tert-OH is 4. The average Bonchev–Trinajstić information content (AvgIpc) is 1.26. The van der Waals surface area contributed by atoms with E-state index < -0.39 is 181 Å². The normalized spacial score (nSPS) is 24.5. The highest BCUT2D eigenvalue weighted by Gasteiger charge is 2.44. The second kappa shape index (κ2) is 43.6. The Bertz CT molecular complexity index is 3090. The van der Waals surface area contributed by atoms with E-state index in [9.17, 15) is 78.3 Å². The lowest BCUT2D eigenvalue weighted by Gasteiger charge is -2.39. The number of aliphatic imine (C=N–C) groups is 1. The Balaban J connectivity index is 1.41. The van der Waals surface area contributed by atoms with Gasteiger partial charge in [-0.05, 0) is 74.0 Å². The van der Waals surface area contributed by atoms with Crippen molar-refractivity contribution in [1.29, 1.82) is 0 Å². The average molecular weight is 1460 g/mol. The van der Waals surface area contributed by atoms with Gasteiger partial charge >= 0.3 is 0 Å². The lowest BCUT2D eigenvalue weighted by atomic mass is 10.0. The summed E-state index contributed by atoms with van der Waals surface area (Å²) in [6.07, 6.45) is 0.392. The third-order valence-electron chi connectivity index (χ3n) is 16.6. The van der Waals surface area contributed by atoms with Crippen LogP contribution in [0.15, 0.2) is 59.6 Å². The second-order valence-corrected chi connectivity index (χ2v) is 28.4. The van der Waals surface area contributed by atoms with Crippen molar-refractivity contribution < 1.29 is 87.8 Å². The number of benzene rings is 2. The summed E-state index contributed by atoms with van der Waals surface area (Å²) in [6, 6.07) is 2.03. The van der Waals surface area contributed by atoms with Gasteiger partial charge in [-0.3, -0.25) is 62.5 Å². The number of aliphatic hydroxyl groups is 4. The zero-order valence-electron chi connectivity index (χ0n) is 55.6. The number of rotatable bonds is 34. The van der Waals surface area contributed by atoms with Gasteiger partial charge in [-0.25, -0.2) is 0 Å². The van der Waals surface area contributed by atoms with Crippen LogP contribution in [-0.4, -0.2) is 229 Å². The van der Waals surface area contributed by atoms with Gasteiger partial charge in [-0.2, -0.15) is 0 Å². The first-order valence-electron chi connectivity index (χ1n) is 33.3. The number of hydrogen-bond donors (Lipinski definition) is 18. The van der Waals surface area contributed by atoms with Gasteiger partial charge in [0.05, 0.1) is 19.6 Å². The highest BCUT2D eigenvalue weighted by molar-refractivity contribution is 8.76. The lowest BCUT2D eigenvalue weighted by molar-refractivity contribution is -0.205. The van der Waals surface area contributed by atoms with Crippen molar-refractivity contribution in [3.05, 3.63) is 65.7 Å². The van der Waals surface area contributed by atoms with Crippen LogP contribution in [0.1, 0.15) is 120 Å². The summed E-state index contributed by atoms with van der Waals surface area (Å²) < 4.78 is 5.57. The van der Waals surface area contributed by atoms with Crippen molar-refractivity contribution in [2.75, 3.05) is 43.5 Å². The standard InChI is InChI=1S/C64H97N15O18S3/c65-48(82)25-24-40-56(90)77-43(31-49(66)83)59(93)78-45(62(96)79-27-14-18-46(79)61(95)74-39(17-13-26-70-64(68)69)55(89)71-32-50(67)84)35-100-99-34-44(72-51(85)19-11-6-4-2-1-3-5-7-12-28-98-63-54(88)53(87)52(86)47(33-80)97-63)60(94)76-42(30-37-20-22-38(81)23-21-37)58(92)75-41(57(91)73-40)29-36-15-9-8-10-16-36/h8-10,15-16,20-23,39-47,52-54,63,80-81,86-88H,1-7,11-14,17-19,24-35H2,(H2,65,82)(H2,66,83)(H2,67,84)(H,71,89)(H,72,85)(H,73,91)(H,74,95)(H,75,92)(H,76,94)(H,77,90)(H,78,93)(H4,68,69,70)/t39-,40?,41-,42?,43?,44-,45-,46-,47+,52+,53-,54+,63-/m0/s1. The molecule has 0 spiro atoms. The Hall–Kier alpha value is -8.00. The number of carbonyl (C=O) groups excluding carboxylic acids is 12. The molecule has 0 aromatic heterocycles. The van der Waals surface area contributed by atoms with Crippen LogP contribution in [0.4, 0.5) is 0 Å². The molecule has 3 saturated heterocycles. The zero-order chi connectivity index (χ0) is 73.3. The molecule has 36 heteroatoms. The minimum absolute atomic E-state index is 0.00517. The quantitative estimate of drug-likeness (QED) is 0.0138. The van der Waals surface area contributed by atoms with E-state index in [1.165, 1.54) is 40.9 Å². The monoisotopic (exact) mass is 1460 g/mol. The van der Waals surface area contributed by atoms with E-state index in [1.54, 1.807) is 30.3 Å². The Kier molecular flexibility index (Phi) is 36.1. The van der Waals surface area contributed by atoms with Crippen LogP contribution in [-0.2, 0) is 75.1 Å². The maximum atomic E-state index is 15.0. The van der Waals surface area contributed by atoms with Gasteiger partial charge in [-0.15, -0.1) is 11.8 Å². The molecule has 3 heterocycles. The second-order valence-electron chi connectivity index (χ2n) is 24.6. The molecule has 554 valence electrons. The highest BCUT2D eigenvalue weighted by atomic mass is 33.1. The molecular weight excluding hydrogens is 1360 g/mol. The van der Waals surface area contributed by atoms with E-state index in [4.69, 9.17) is 33.4 Å². The molecule has 0 radical (unpaired) electrons. The van der Waals surface area contributed by atoms with E-state index in [-0.39, 0.29) is 81.3 Å². The number of amides is 12. The van der Waals surface area contributed by atoms with E-state index in [0.29, 0.717) is 29.7 Å². The predicted molar refractivity (Wildman–Crippen MR) is 372 cm³/mol. The van der Waals surface area contributed by atoms with Gasteiger partial charge in [0.25, 0.3) is 0 Å². The van der Waals surface area contributed by atoms with Crippen molar-refractivity contribution in [2.24, 2.45) is 33.7 Å². The van der Waals surface area contributed by atoms with Crippen LogP contribution in [0, 0.1) is 0 Å². The Morgan fingerprint density at radius 3 is 1.85 bits per heavy atom. The van der Waals surface area contributed by atoms with E-state index in [1.807, 2.05) is 0 Å². The molecule has 2 aromatic carbocycles. The number of nitrogens with zero attached hydrogens (tertiary/aromatic N) is 2. The van der Waals surface area contributed by atoms with Gasteiger partial charge in [0.1, 0.15) is 83.9 Å². The van der Waals surface area contributed by atoms with Gasteiger partial charge in [0, 0.05) is 50.3 Å². The SMILES string of the molecule is NC(=O)CCC1NC(=O)[C@H](Cc2ccccc2)NC(=O)C(Cc2ccc(O)cc2)NC(=O)[C@@H](NC(=O)CCCCCCCCCCCS[C@@H]2O[C@H](CO)[C@@H](O)[C@H](O)[C@H]2O)CSSC[C@@H](C(=O)N2CCC[C@H]2C(=O)N[C@@H](CCCN=C(N)N)C(=O)NCC(N)=O)NC(=O)C(CC(N)=O)NC1=O. The summed E-state index contributed by atoms with van der Waals surface area (Å²) in [6.45, 7) is -1.05. The molecule has 3 fully saturated rings. The Morgan fingerprint density at radius 1 is 0.650 bits per heavy atom. The topological polar surface area (TPSA) is 557 Å². The Morgan fingerprint density at radius 2 is 1.23 bits per heavy atom. The molecule has 2 aromatic rings. The fourth-order valence-corrected chi connectivity index (χ4v) is 14.7. The third-order valence-corrected chi connectivity index (χ3v) is 20.3. The number of ether oxygens (including phenoxy) is 1. The number of likely N-dealkylation sites (tertiary alicyclic amines) is 1. The first kappa shape index (κ1) is 82.7. The molecule has 5 rings (SSSR count). The maximum Gasteiger partial charge on any atom is 0.246 e. The summed E-state index contributed by atoms with van der Waals surface area (Å²) in [5.74, 6) is -11.1. The number of phenols is 1. The lowest BCUT2D eigenvalue weighted by Crippen LogP contribution is -2.61. The summed E-state index contributed by atoms with van der Waals surface area (Å²) in [4.78, 5) is 171. The third kappa shape index (κ3) is 28.9. The molecule has 23 N–H and O–H groups in total. The number of thioether (sulfide) groups is 1. The molecule has 0 bridgehead atoms. The van der Waals surface area contributed by atoms with E-state index in [2.05, 4.69) is 47.5 Å².